The average Bonchev–Trinajstić information content (AvgIpc) is 3.09. The molecule has 7 nitrogen and oxygen atoms in total. The number of rotatable bonds is 5. The van der Waals surface area contributed by atoms with E-state index in [1.165, 1.54) is 4.68 Å². The van der Waals surface area contributed by atoms with Crippen molar-refractivity contribution in [2.45, 2.75) is 39.8 Å². The Morgan fingerprint density at radius 1 is 1.07 bits per heavy atom. The second-order valence-corrected chi connectivity index (χ2v) is 7.95. The van der Waals surface area contributed by atoms with Gasteiger partial charge in [-0.2, -0.15) is 0 Å². The van der Waals surface area contributed by atoms with Gasteiger partial charge in [-0.05, 0) is 51.5 Å². The summed E-state index contributed by atoms with van der Waals surface area (Å²) >= 11 is 0. The van der Waals surface area contributed by atoms with Crippen LogP contribution < -0.4 is 10.6 Å². The molecule has 0 bridgehead atoms. The van der Waals surface area contributed by atoms with Gasteiger partial charge in [-0.25, -0.2) is 4.68 Å². The number of para-hydroxylation sites is 1. The monoisotopic (exact) mass is 391 g/mol. The zero-order valence-corrected chi connectivity index (χ0v) is 17.1. The van der Waals surface area contributed by atoms with Gasteiger partial charge in [0.2, 0.25) is 5.91 Å². The summed E-state index contributed by atoms with van der Waals surface area (Å²) in [6.45, 7) is 7.73. The number of carbonyl (C=O) groups is 2. The minimum atomic E-state index is -0.307. The summed E-state index contributed by atoms with van der Waals surface area (Å²) in [6.07, 6.45) is 1.70. The molecule has 0 aliphatic carbocycles. The maximum Gasteiger partial charge on any atom is 0.255 e. The van der Waals surface area contributed by atoms with Gasteiger partial charge in [0.25, 0.3) is 5.91 Å². The minimum absolute atomic E-state index is 0.0808. The largest absolute Gasteiger partial charge is 0.350 e. The zero-order chi connectivity index (χ0) is 21.0. The summed E-state index contributed by atoms with van der Waals surface area (Å²) in [4.78, 5) is 24.8. The molecule has 0 fully saturated rings. The first kappa shape index (κ1) is 20.3. The van der Waals surface area contributed by atoms with Crippen molar-refractivity contribution >= 4 is 17.5 Å². The Balaban J connectivity index is 1.77. The third-order valence-electron chi connectivity index (χ3n) is 4.17. The van der Waals surface area contributed by atoms with Gasteiger partial charge in [0, 0.05) is 22.4 Å². The number of anilines is 1. The molecule has 0 aliphatic heterocycles. The van der Waals surface area contributed by atoms with E-state index in [1.54, 1.807) is 12.3 Å². The van der Waals surface area contributed by atoms with Crippen molar-refractivity contribution in [1.29, 1.82) is 0 Å². The first-order valence-corrected chi connectivity index (χ1v) is 9.40. The standard InChI is InChI=1S/C22H25N5O2/c1-15-10-11-16(12-18(15)21(29)23-17-8-6-5-7-9-17)19-13-27(26-25-19)14-20(28)24-22(2,3)4/h5-13H,14H2,1-4H3,(H,23,29)(H,24,28). The van der Waals surface area contributed by atoms with E-state index < -0.39 is 0 Å². The summed E-state index contributed by atoms with van der Waals surface area (Å²) in [5.41, 5.74) is 3.21. The SMILES string of the molecule is Cc1ccc(-c2cn(CC(=O)NC(C)(C)C)nn2)cc1C(=O)Nc1ccccc1. The lowest BCUT2D eigenvalue weighted by Gasteiger charge is -2.20. The Bertz CT molecular complexity index is 1020. The van der Waals surface area contributed by atoms with Crippen LogP contribution in [0.25, 0.3) is 11.3 Å². The lowest BCUT2D eigenvalue weighted by molar-refractivity contribution is -0.123. The Hall–Kier alpha value is -3.48. The van der Waals surface area contributed by atoms with E-state index in [0.717, 1.165) is 16.8 Å². The Morgan fingerprint density at radius 3 is 2.48 bits per heavy atom. The molecule has 0 unspecified atom stereocenters. The van der Waals surface area contributed by atoms with Crippen molar-refractivity contribution in [3.8, 4) is 11.3 Å². The molecule has 0 spiro atoms. The highest BCUT2D eigenvalue weighted by Gasteiger charge is 2.16. The molecule has 2 amide bonds. The van der Waals surface area contributed by atoms with Crippen LogP contribution in [0, 0.1) is 6.92 Å². The topological polar surface area (TPSA) is 88.9 Å². The van der Waals surface area contributed by atoms with Crippen molar-refractivity contribution in [3.05, 3.63) is 65.9 Å². The second kappa shape index (κ2) is 8.26. The van der Waals surface area contributed by atoms with Gasteiger partial charge in [0.15, 0.2) is 0 Å². The lowest BCUT2D eigenvalue weighted by Crippen LogP contribution is -2.42. The van der Waals surface area contributed by atoms with E-state index in [1.807, 2.05) is 70.2 Å². The van der Waals surface area contributed by atoms with Gasteiger partial charge in [0.05, 0.1) is 6.20 Å². The molecular weight excluding hydrogens is 366 g/mol. The first-order valence-electron chi connectivity index (χ1n) is 9.40. The van der Waals surface area contributed by atoms with Crippen LogP contribution in [0.15, 0.2) is 54.7 Å². The second-order valence-electron chi connectivity index (χ2n) is 7.95. The van der Waals surface area contributed by atoms with Crippen molar-refractivity contribution in [1.82, 2.24) is 20.3 Å². The molecule has 29 heavy (non-hydrogen) atoms. The molecule has 1 heterocycles. The number of aryl methyl sites for hydroxylation is 1. The summed E-state index contributed by atoms with van der Waals surface area (Å²) in [6, 6.07) is 14.9. The number of amides is 2. The van der Waals surface area contributed by atoms with E-state index in [-0.39, 0.29) is 23.9 Å². The van der Waals surface area contributed by atoms with Crippen LogP contribution in [0.3, 0.4) is 0 Å². The number of nitrogens with zero attached hydrogens (tertiary/aromatic N) is 3. The zero-order valence-electron chi connectivity index (χ0n) is 17.1. The van der Waals surface area contributed by atoms with Crippen molar-refractivity contribution < 1.29 is 9.59 Å². The molecular formula is C22H25N5O2. The normalized spacial score (nSPS) is 11.2. The fraction of sp³-hybridized carbons (Fsp3) is 0.273. The van der Waals surface area contributed by atoms with Gasteiger partial charge in [-0.15, -0.1) is 5.10 Å². The molecule has 0 atom stereocenters. The smallest absolute Gasteiger partial charge is 0.255 e. The Morgan fingerprint density at radius 2 is 1.79 bits per heavy atom. The Kier molecular flexibility index (Phi) is 5.77. The van der Waals surface area contributed by atoms with Gasteiger partial charge >= 0.3 is 0 Å². The fourth-order valence-electron chi connectivity index (χ4n) is 2.86. The highest BCUT2D eigenvalue weighted by Crippen LogP contribution is 2.21. The lowest BCUT2D eigenvalue weighted by atomic mass is 10.0. The molecule has 3 aromatic rings. The number of benzene rings is 2. The van der Waals surface area contributed by atoms with Crippen LogP contribution in [0.1, 0.15) is 36.7 Å². The van der Waals surface area contributed by atoms with Crippen LogP contribution in [0.2, 0.25) is 0 Å². The molecule has 0 saturated carbocycles. The molecule has 0 aliphatic rings. The van der Waals surface area contributed by atoms with Crippen LogP contribution in [-0.2, 0) is 11.3 Å². The maximum absolute atomic E-state index is 12.7. The van der Waals surface area contributed by atoms with E-state index in [9.17, 15) is 9.59 Å². The molecule has 7 heteroatoms. The van der Waals surface area contributed by atoms with Gasteiger partial charge in [-0.3, -0.25) is 9.59 Å². The molecule has 2 aromatic carbocycles. The number of nitrogens with one attached hydrogen (secondary N) is 2. The van der Waals surface area contributed by atoms with E-state index in [4.69, 9.17) is 0 Å². The van der Waals surface area contributed by atoms with Crippen molar-refractivity contribution in [2.75, 3.05) is 5.32 Å². The molecule has 0 radical (unpaired) electrons. The molecule has 2 N–H and O–H groups in total. The predicted molar refractivity (Wildman–Crippen MR) is 112 cm³/mol. The van der Waals surface area contributed by atoms with Crippen molar-refractivity contribution in [2.24, 2.45) is 0 Å². The molecule has 0 saturated heterocycles. The highest BCUT2D eigenvalue weighted by atomic mass is 16.2. The van der Waals surface area contributed by atoms with Gasteiger partial charge < -0.3 is 10.6 Å². The summed E-state index contributed by atoms with van der Waals surface area (Å²) < 4.78 is 1.49. The number of carbonyl (C=O) groups excluding carboxylic acids is 2. The molecule has 3 rings (SSSR count). The first-order chi connectivity index (χ1) is 13.7. The number of hydrogen-bond acceptors (Lipinski definition) is 4. The minimum Gasteiger partial charge on any atom is -0.350 e. The van der Waals surface area contributed by atoms with Crippen LogP contribution in [0.5, 0.6) is 0 Å². The number of aromatic nitrogens is 3. The predicted octanol–water partition coefficient (Wildman–Crippen LogP) is 3.42. The van der Waals surface area contributed by atoms with Crippen LogP contribution >= 0.6 is 0 Å². The van der Waals surface area contributed by atoms with Crippen LogP contribution in [-0.4, -0.2) is 32.3 Å². The Labute approximate surface area is 170 Å². The van der Waals surface area contributed by atoms with Gasteiger partial charge in [0.1, 0.15) is 12.2 Å². The summed E-state index contributed by atoms with van der Waals surface area (Å²) in [7, 11) is 0. The molecule has 1 aromatic heterocycles. The maximum atomic E-state index is 12.7. The quantitative estimate of drug-likeness (QED) is 0.697. The summed E-state index contributed by atoms with van der Waals surface area (Å²) in [5, 5.41) is 14.0. The van der Waals surface area contributed by atoms with E-state index in [2.05, 4.69) is 20.9 Å². The van der Waals surface area contributed by atoms with E-state index in [0.29, 0.717) is 11.3 Å². The van der Waals surface area contributed by atoms with Crippen LogP contribution in [0.4, 0.5) is 5.69 Å². The van der Waals surface area contributed by atoms with E-state index >= 15 is 0 Å². The van der Waals surface area contributed by atoms with Crippen molar-refractivity contribution in [3.63, 3.8) is 0 Å². The highest BCUT2D eigenvalue weighted by molar-refractivity contribution is 6.05. The third kappa shape index (κ3) is 5.51. The third-order valence-corrected chi connectivity index (χ3v) is 4.17. The summed E-state index contributed by atoms with van der Waals surface area (Å²) in [5.74, 6) is -0.326. The number of hydrogen-bond donors (Lipinski definition) is 2. The molecule has 150 valence electrons. The van der Waals surface area contributed by atoms with Gasteiger partial charge in [-0.1, -0.05) is 35.5 Å². The average molecular weight is 391 g/mol. The fourth-order valence-corrected chi connectivity index (χ4v) is 2.86.